The van der Waals surface area contributed by atoms with Crippen LogP contribution in [0.2, 0.25) is 0 Å². The molecule has 0 aliphatic carbocycles. The molecule has 94 valence electrons. The van der Waals surface area contributed by atoms with Gasteiger partial charge in [0.1, 0.15) is 0 Å². The zero-order chi connectivity index (χ0) is 12.8. The van der Waals surface area contributed by atoms with Crippen molar-refractivity contribution in [2.45, 2.75) is 30.3 Å². The van der Waals surface area contributed by atoms with Crippen molar-refractivity contribution < 1.29 is 9.90 Å². The number of aliphatic carboxylic acids is 1. The monoisotopic (exact) mass is 254 g/mol. The van der Waals surface area contributed by atoms with Crippen LogP contribution in [0.1, 0.15) is 24.9 Å². The smallest absolute Gasteiger partial charge is 0.304 e. The van der Waals surface area contributed by atoms with Gasteiger partial charge in [-0.3, -0.25) is 4.79 Å². The van der Waals surface area contributed by atoms with Crippen molar-refractivity contribution in [3.8, 4) is 0 Å². The SMILES string of the molecule is CCSc1ccc(C(N)C(N)CC(=O)O)cc1. The molecule has 1 aromatic rings. The van der Waals surface area contributed by atoms with E-state index >= 15 is 0 Å². The molecule has 2 atom stereocenters. The van der Waals surface area contributed by atoms with E-state index in [1.165, 1.54) is 4.90 Å². The summed E-state index contributed by atoms with van der Waals surface area (Å²) >= 11 is 1.75. The Bertz CT molecular complexity index is 367. The number of carboxylic acids is 1. The fourth-order valence-corrected chi connectivity index (χ4v) is 2.19. The first kappa shape index (κ1) is 14.0. The van der Waals surface area contributed by atoms with Gasteiger partial charge in [0.05, 0.1) is 6.42 Å². The Kier molecular flexibility index (Phi) is 5.47. The molecule has 0 saturated heterocycles. The van der Waals surface area contributed by atoms with Crippen LogP contribution in [0, 0.1) is 0 Å². The summed E-state index contributed by atoms with van der Waals surface area (Å²) in [6, 6.07) is 6.78. The van der Waals surface area contributed by atoms with E-state index in [9.17, 15) is 4.79 Å². The first-order valence-corrected chi connectivity index (χ1v) is 6.49. The molecule has 1 aromatic carbocycles. The third kappa shape index (κ3) is 4.38. The second kappa shape index (κ2) is 6.64. The van der Waals surface area contributed by atoms with E-state index in [1.54, 1.807) is 11.8 Å². The van der Waals surface area contributed by atoms with Crippen LogP contribution in [0.3, 0.4) is 0 Å². The summed E-state index contributed by atoms with van der Waals surface area (Å²) in [4.78, 5) is 11.7. The average Bonchev–Trinajstić information content (AvgIpc) is 2.28. The Hall–Kier alpha value is -1.04. The summed E-state index contributed by atoms with van der Waals surface area (Å²) in [6.45, 7) is 2.09. The molecule has 0 heterocycles. The molecule has 2 unspecified atom stereocenters. The molecular formula is C12H18N2O2S. The standard InChI is InChI=1S/C12H18N2O2S/c1-2-17-9-5-3-8(4-6-9)12(14)10(13)7-11(15)16/h3-6,10,12H,2,7,13-14H2,1H3,(H,15,16). The van der Waals surface area contributed by atoms with Gasteiger partial charge in [-0.15, -0.1) is 11.8 Å². The van der Waals surface area contributed by atoms with Gasteiger partial charge in [-0.1, -0.05) is 19.1 Å². The molecule has 4 nitrogen and oxygen atoms in total. The van der Waals surface area contributed by atoms with Crippen LogP contribution in [-0.2, 0) is 4.79 Å². The minimum Gasteiger partial charge on any atom is -0.481 e. The summed E-state index contributed by atoms with van der Waals surface area (Å²) in [5, 5.41) is 8.65. The second-order valence-electron chi connectivity index (χ2n) is 3.79. The molecule has 0 spiro atoms. The molecule has 0 saturated carbocycles. The normalized spacial score (nSPS) is 14.3. The van der Waals surface area contributed by atoms with E-state index in [0.717, 1.165) is 11.3 Å². The molecule has 1 rings (SSSR count). The number of benzene rings is 1. The van der Waals surface area contributed by atoms with Gasteiger partial charge in [0.15, 0.2) is 0 Å². The highest BCUT2D eigenvalue weighted by Gasteiger charge is 2.18. The minimum absolute atomic E-state index is 0.118. The molecular weight excluding hydrogens is 236 g/mol. The highest BCUT2D eigenvalue weighted by Crippen LogP contribution is 2.21. The second-order valence-corrected chi connectivity index (χ2v) is 5.13. The largest absolute Gasteiger partial charge is 0.481 e. The third-order valence-electron chi connectivity index (χ3n) is 2.45. The summed E-state index contributed by atoms with van der Waals surface area (Å²) in [7, 11) is 0. The van der Waals surface area contributed by atoms with Gasteiger partial charge in [-0.2, -0.15) is 0 Å². The Morgan fingerprint density at radius 2 is 1.94 bits per heavy atom. The van der Waals surface area contributed by atoms with Crippen molar-refractivity contribution in [3.63, 3.8) is 0 Å². The van der Waals surface area contributed by atoms with Crippen molar-refractivity contribution >= 4 is 17.7 Å². The number of nitrogens with two attached hydrogens (primary N) is 2. The van der Waals surface area contributed by atoms with Crippen LogP contribution in [0.25, 0.3) is 0 Å². The van der Waals surface area contributed by atoms with E-state index in [0.29, 0.717) is 0 Å². The van der Waals surface area contributed by atoms with Crippen LogP contribution >= 0.6 is 11.8 Å². The number of carboxylic acid groups (broad SMARTS) is 1. The summed E-state index contributed by atoms with van der Waals surface area (Å²) in [5.41, 5.74) is 12.5. The van der Waals surface area contributed by atoms with Gasteiger partial charge in [-0.05, 0) is 23.4 Å². The lowest BCUT2D eigenvalue weighted by Gasteiger charge is -2.18. The average molecular weight is 254 g/mol. The van der Waals surface area contributed by atoms with E-state index in [1.807, 2.05) is 24.3 Å². The number of rotatable bonds is 6. The third-order valence-corrected chi connectivity index (χ3v) is 3.34. The zero-order valence-electron chi connectivity index (χ0n) is 9.80. The topological polar surface area (TPSA) is 89.3 Å². The Morgan fingerprint density at radius 1 is 1.35 bits per heavy atom. The predicted octanol–water partition coefficient (Wildman–Crippen LogP) is 1.60. The minimum atomic E-state index is -0.925. The molecule has 5 N–H and O–H groups in total. The van der Waals surface area contributed by atoms with Gasteiger partial charge in [0, 0.05) is 17.0 Å². The van der Waals surface area contributed by atoms with Crippen LogP contribution in [-0.4, -0.2) is 22.9 Å². The molecule has 0 aromatic heterocycles. The predicted molar refractivity (Wildman–Crippen MR) is 70.0 cm³/mol. The van der Waals surface area contributed by atoms with Gasteiger partial charge in [0.25, 0.3) is 0 Å². The van der Waals surface area contributed by atoms with E-state index in [4.69, 9.17) is 16.6 Å². The fraction of sp³-hybridized carbons (Fsp3) is 0.417. The van der Waals surface area contributed by atoms with Crippen LogP contribution < -0.4 is 11.5 Å². The van der Waals surface area contributed by atoms with Crippen molar-refractivity contribution in [2.24, 2.45) is 11.5 Å². The first-order valence-electron chi connectivity index (χ1n) is 5.50. The van der Waals surface area contributed by atoms with Crippen LogP contribution in [0.15, 0.2) is 29.2 Å². The molecule has 0 aliphatic heterocycles. The number of hydrogen-bond donors (Lipinski definition) is 3. The quantitative estimate of drug-likeness (QED) is 0.671. The van der Waals surface area contributed by atoms with Gasteiger partial charge >= 0.3 is 5.97 Å². The maximum absolute atomic E-state index is 10.5. The molecule has 0 aliphatic rings. The molecule has 0 radical (unpaired) electrons. The maximum atomic E-state index is 10.5. The molecule has 0 fully saturated rings. The summed E-state index contributed by atoms with van der Waals surface area (Å²) in [6.07, 6.45) is -0.118. The van der Waals surface area contributed by atoms with Gasteiger partial charge < -0.3 is 16.6 Å². The number of thioether (sulfide) groups is 1. The van der Waals surface area contributed by atoms with Crippen molar-refractivity contribution in [1.29, 1.82) is 0 Å². The Balaban J connectivity index is 2.68. The number of carbonyl (C=O) groups is 1. The summed E-state index contributed by atoms with van der Waals surface area (Å²) in [5.74, 6) is 0.0929. The highest BCUT2D eigenvalue weighted by atomic mass is 32.2. The zero-order valence-corrected chi connectivity index (χ0v) is 10.6. The van der Waals surface area contributed by atoms with Crippen molar-refractivity contribution in [2.75, 3.05) is 5.75 Å². The van der Waals surface area contributed by atoms with E-state index < -0.39 is 18.1 Å². The fourth-order valence-electron chi connectivity index (χ4n) is 1.53. The molecule has 5 heteroatoms. The highest BCUT2D eigenvalue weighted by molar-refractivity contribution is 7.99. The lowest BCUT2D eigenvalue weighted by atomic mass is 9.99. The lowest BCUT2D eigenvalue weighted by Crippen LogP contribution is -2.35. The van der Waals surface area contributed by atoms with Gasteiger partial charge in [-0.25, -0.2) is 0 Å². The Labute approximate surface area is 105 Å². The van der Waals surface area contributed by atoms with Gasteiger partial charge in [0.2, 0.25) is 0 Å². The Morgan fingerprint density at radius 3 is 2.41 bits per heavy atom. The maximum Gasteiger partial charge on any atom is 0.304 e. The lowest BCUT2D eigenvalue weighted by molar-refractivity contribution is -0.137. The molecule has 0 amide bonds. The summed E-state index contributed by atoms with van der Waals surface area (Å²) < 4.78 is 0. The molecule has 0 bridgehead atoms. The van der Waals surface area contributed by atoms with E-state index in [-0.39, 0.29) is 6.42 Å². The van der Waals surface area contributed by atoms with Crippen molar-refractivity contribution in [3.05, 3.63) is 29.8 Å². The first-order chi connectivity index (χ1) is 8.04. The van der Waals surface area contributed by atoms with Crippen LogP contribution in [0.5, 0.6) is 0 Å². The number of hydrogen-bond acceptors (Lipinski definition) is 4. The molecule has 17 heavy (non-hydrogen) atoms. The van der Waals surface area contributed by atoms with E-state index in [2.05, 4.69) is 6.92 Å². The van der Waals surface area contributed by atoms with Crippen molar-refractivity contribution in [1.82, 2.24) is 0 Å². The van der Waals surface area contributed by atoms with Crippen LogP contribution in [0.4, 0.5) is 0 Å².